The van der Waals surface area contributed by atoms with Crippen LogP contribution in [0, 0.1) is 11.3 Å². The predicted molar refractivity (Wildman–Crippen MR) is 95.8 cm³/mol. The van der Waals surface area contributed by atoms with E-state index in [1.165, 1.54) is 0 Å². The van der Waals surface area contributed by atoms with E-state index in [-0.39, 0.29) is 0 Å². The average Bonchev–Trinajstić information content (AvgIpc) is 3.19. The zero-order chi connectivity index (χ0) is 17.8. The van der Waals surface area contributed by atoms with Crippen LogP contribution in [0.25, 0.3) is 17.1 Å². The van der Waals surface area contributed by atoms with Crippen LogP contribution >= 0.6 is 0 Å². The minimum Gasteiger partial charge on any atom is -0.456 e. The van der Waals surface area contributed by atoms with Crippen molar-refractivity contribution in [2.45, 2.75) is 0 Å². The summed E-state index contributed by atoms with van der Waals surface area (Å²) in [5.74, 6) is 1.14. The van der Waals surface area contributed by atoms with Gasteiger partial charge in [-0.25, -0.2) is 4.68 Å². The first kappa shape index (κ1) is 15.5. The van der Waals surface area contributed by atoms with Crippen molar-refractivity contribution in [3.63, 3.8) is 0 Å². The second-order valence-electron chi connectivity index (χ2n) is 5.48. The fourth-order valence-electron chi connectivity index (χ4n) is 2.50. The highest BCUT2D eigenvalue weighted by molar-refractivity contribution is 5.54. The molecule has 0 atom stereocenters. The molecule has 6 heteroatoms. The van der Waals surface area contributed by atoms with Gasteiger partial charge in [0.25, 0.3) is 0 Å². The van der Waals surface area contributed by atoms with Gasteiger partial charge < -0.3 is 4.74 Å². The van der Waals surface area contributed by atoms with Crippen LogP contribution in [0.15, 0.2) is 79.4 Å². The molecule has 1 aromatic carbocycles. The summed E-state index contributed by atoms with van der Waals surface area (Å²) in [5, 5.41) is 13.9. The van der Waals surface area contributed by atoms with Crippen LogP contribution in [0.2, 0.25) is 0 Å². The Hall–Kier alpha value is -3.98. The summed E-state index contributed by atoms with van der Waals surface area (Å²) < 4.78 is 7.50. The SMILES string of the molecule is N#Cc1cc(Oc2cccnc2)cc(-n2ccc(-c3ccccn3)n2)c1. The van der Waals surface area contributed by atoms with Crippen molar-refractivity contribution in [2.75, 3.05) is 0 Å². The largest absolute Gasteiger partial charge is 0.456 e. The molecular formula is C20H13N5O. The van der Waals surface area contributed by atoms with E-state index in [1.54, 1.807) is 47.5 Å². The highest BCUT2D eigenvalue weighted by atomic mass is 16.5. The Labute approximate surface area is 150 Å². The Morgan fingerprint density at radius 3 is 2.65 bits per heavy atom. The van der Waals surface area contributed by atoms with Gasteiger partial charge in [-0.1, -0.05) is 6.07 Å². The number of hydrogen-bond acceptors (Lipinski definition) is 5. The first-order chi connectivity index (χ1) is 12.8. The van der Waals surface area contributed by atoms with Gasteiger partial charge in [-0.05, 0) is 42.5 Å². The van der Waals surface area contributed by atoms with E-state index in [9.17, 15) is 5.26 Å². The summed E-state index contributed by atoms with van der Waals surface area (Å²) >= 11 is 0. The molecule has 0 aliphatic heterocycles. The summed E-state index contributed by atoms with van der Waals surface area (Å²) in [4.78, 5) is 8.33. The molecule has 0 bridgehead atoms. The van der Waals surface area contributed by atoms with Crippen LogP contribution in [0.1, 0.15) is 5.56 Å². The second-order valence-corrected chi connectivity index (χ2v) is 5.48. The second kappa shape index (κ2) is 6.87. The predicted octanol–water partition coefficient (Wildman–Crippen LogP) is 3.99. The molecule has 0 unspecified atom stereocenters. The van der Waals surface area contributed by atoms with Crippen LogP contribution in [0.5, 0.6) is 11.5 Å². The third kappa shape index (κ3) is 3.28. The topological polar surface area (TPSA) is 76.6 Å². The zero-order valence-corrected chi connectivity index (χ0v) is 13.6. The van der Waals surface area contributed by atoms with Crippen molar-refractivity contribution in [1.82, 2.24) is 19.7 Å². The normalized spacial score (nSPS) is 10.3. The van der Waals surface area contributed by atoms with Crippen LogP contribution in [0.3, 0.4) is 0 Å². The Bertz CT molecular complexity index is 1070. The van der Waals surface area contributed by atoms with Gasteiger partial charge in [-0.3, -0.25) is 9.97 Å². The molecule has 3 aromatic heterocycles. The maximum Gasteiger partial charge on any atom is 0.145 e. The van der Waals surface area contributed by atoms with Crippen molar-refractivity contribution >= 4 is 0 Å². The molecule has 0 aliphatic rings. The molecule has 124 valence electrons. The number of rotatable bonds is 4. The fraction of sp³-hybridized carbons (Fsp3) is 0. The van der Waals surface area contributed by atoms with Crippen LogP contribution in [0.4, 0.5) is 0 Å². The van der Waals surface area contributed by atoms with E-state index in [4.69, 9.17) is 4.74 Å². The highest BCUT2D eigenvalue weighted by Crippen LogP contribution is 2.25. The Morgan fingerprint density at radius 2 is 1.88 bits per heavy atom. The molecule has 0 saturated heterocycles. The molecule has 0 N–H and O–H groups in total. The quantitative estimate of drug-likeness (QED) is 0.562. The smallest absolute Gasteiger partial charge is 0.145 e. The fourth-order valence-corrected chi connectivity index (χ4v) is 2.50. The standard InChI is InChI=1S/C20H13N5O/c21-13-15-10-16(12-18(11-15)26-17-4-3-7-22-14-17)25-9-6-20(24-25)19-5-1-2-8-23-19/h1-12,14H. The molecule has 3 heterocycles. The van der Waals surface area contributed by atoms with Crippen LogP contribution in [-0.2, 0) is 0 Å². The molecule has 0 amide bonds. The lowest BCUT2D eigenvalue weighted by Crippen LogP contribution is -1.97. The summed E-state index contributed by atoms with van der Waals surface area (Å²) in [6.45, 7) is 0. The molecule has 0 saturated carbocycles. The molecule has 0 aliphatic carbocycles. The Balaban J connectivity index is 1.69. The van der Waals surface area contributed by atoms with E-state index < -0.39 is 0 Å². The lowest BCUT2D eigenvalue weighted by Gasteiger charge is -2.08. The Morgan fingerprint density at radius 1 is 0.923 bits per heavy atom. The van der Waals surface area contributed by atoms with Crippen LogP contribution < -0.4 is 4.74 Å². The van der Waals surface area contributed by atoms with E-state index in [0.29, 0.717) is 17.1 Å². The third-order valence-corrected chi connectivity index (χ3v) is 3.67. The minimum atomic E-state index is 0.483. The molecule has 4 aromatic rings. The maximum absolute atomic E-state index is 9.33. The number of pyridine rings is 2. The summed E-state index contributed by atoms with van der Waals surface area (Å²) in [6, 6.07) is 18.6. The van der Waals surface area contributed by atoms with E-state index >= 15 is 0 Å². The van der Waals surface area contributed by atoms with Crippen molar-refractivity contribution in [3.8, 4) is 34.6 Å². The molecule has 0 fully saturated rings. The first-order valence-corrected chi connectivity index (χ1v) is 7.92. The lowest BCUT2D eigenvalue weighted by atomic mass is 10.2. The summed E-state index contributed by atoms with van der Waals surface area (Å²) in [5.41, 5.74) is 2.75. The number of nitrogens with zero attached hydrogens (tertiary/aromatic N) is 5. The molecule has 4 rings (SSSR count). The van der Waals surface area contributed by atoms with Crippen molar-refractivity contribution in [1.29, 1.82) is 5.26 Å². The first-order valence-electron chi connectivity index (χ1n) is 7.92. The van der Waals surface area contributed by atoms with Gasteiger partial charge in [0.15, 0.2) is 0 Å². The van der Waals surface area contributed by atoms with Gasteiger partial charge >= 0.3 is 0 Å². The van der Waals surface area contributed by atoms with E-state index in [2.05, 4.69) is 21.1 Å². The maximum atomic E-state index is 9.33. The number of hydrogen-bond donors (Lipinski definition) is 0. The molecular weight excluding hydrogens is 326 g/mol. The van der Waals surface area contributed by atoms with Crippen molar-refractivity contribution in [2.24, 2.45) is 0 Å². The van der Waals surface area contributed by atoms with Gasteiger partial charge in [0.1, 0.15) is 17.2 Å². The lowest BCUT2D eigenvalue weighted by molar-refractivity contribution is 0.479. The summed E-state index contributed by atoms with van der Waals surface area (Å²) in [6.07, 6.45) is 6.84. The average molecular weight is 339 g/mol. The van der Waals surface area contributed by atoms with Crippen molar-refractivity contribution in [3.05, 3.63) is 84.9 Å². The van der Waals surface area contributed by atoms with Gasteiger partial charge in [0.05, 0.1) is 29.2 Å². The van der Waals surface area contributed by atoms with Gasteiger partial charge in [-0.15, -0.1) is 0 Å². The number of aromatic nitrogens is 4. The molecule has 26 heavy (non-hydrogen) atoms. The van der Waals surface area contributed by atoms with Crippen molar-refractivity contribution < 1.29 is 4.74 Å². The van der Waals surface area contributed by atoms with Gasteiger partial charge in [-0.2, -0.15) is 10.4 Å². The van der Waals surface area contributed by atoms with Gasteiger partial charge in [0, 0.05) is 24.7 Å². The van der Waals surface area contributed by atoms with E-state index in [1.807, 2.05) is 36.5 Å². The minimum absolute atomic E-state index is 0.483. The third-order valence-electron chi connectivity index (χ3n) is 3.67. The monoisotopic (exact) mass is 339 g/mol. The molecule has 0 spiro atoms. The highest BCUT2D eigenvalue weighted by Gasteiger charge is 2.08. The van der Waals surface area contributed by atoms with E-state index in [0.717, 1.165) is 17.1 Å². The number of ether oxygens (including phenoxy) is 1. The number of nitriles is 1. The Kier molecular flexibility index (Phi) is 4.11. The van der Waals surface area contributed by atoms with Gasteiger partial charge in [0.2, 0.25) is 0 Å². The number of benzene rings is 1. The molecule has 0 radical (unpaired) electrons. The van der Waals surface area contributed by atoms with Crippen LogP contribution in [-0.4, -0.2) is 19.7 Å². The summed E-state index contributed by atoms with van der Waals surface area (Å²) in [7, 11) is 0. The molecule has 6 nitrogen and oxygen atoms in total. The zero-order valence-electron chi connectivity index (χ0n) is 13.6.